The molecule has 0 atom stereocenters. The molecule has 1 saturated heterocycles. The van der Waals surface area contributed by atoms with Gasteiger partial charge in [-0.3, -0.25) is 9.69 Å². The molecule has 124 valence electrons. The maximum atomic E-state index is 10.9. The molecule has 1 aromatic rings. The first-order chi connectivity index (χ1) is 11.1. The van der Waals surface area contributed by atoms with E-state index < -0.39 is 5.97 Å². The minimum atomic E-state index is -0.666. The van der Waals surface area contributed by atoms with Gasteiger partial charge in [-0.1, -0.05) is 18.6 Å². The average molecular weight is 315 g/mol. The van der Waals surface area contributed by atoms with Crippen LogP contribution in [-0.2, 0) is 11.2 Å². The van der Waals surface area contributed by atoms with Gasteiger partial charge in [-0.2, -0.15) is 0 Å². The zero-order chi connectivity index (χ0) is 16.4. The number of likely N-dealkylation sites (tertiary alicyclic amines) is 1. The zero-order valence-electron chi connectivity index (χ0n) is 14.0. The van der Waals surface area contributed by atoms with E-state index >= 15 is 0 Å². The molecule has 4 nitrogen and oxygen atoms in total. The number of fused-ring (bicyclic) bond motifs is 1. The second kappa shape index (κ2) is 6.75. The van der Waals surface area contributed by atoms with Crippen molar-refractivity contribution in [3.63, 3.8) is 0 Å². The van der Waals surface area contributed by atoms with Crippen LogP contribution < -0.4 is 4.74 Å². The van der Waals surface area contributed by atoms with Gasteiger partial charge in [0.2, 0.25) is 0 Å². The zero-order valence-corrected chi connectivity index (χ0v) is 14.0. The third-order valence-electron chi connectivity index (χ3n) is 4.90. The molecule has 2 aliphatic rings. The number of aryl methyl sites for hydroxylation is 1. The topological polar surface area (TPSA) is 49.8 Å². The van der Waals surface area contributed by atoms with Crippen LogP contribution in [0.4, 0.5) is 0 Å². The summed E-state index contributed by atoms with van der Waals surface area (Å²) in [6.45, 7) is 7.34. The van der Waals surface area contributed by atoms with Crippen molar-refractivity contribution in [1.29, 1.82) is 0 Å². The Morgan fingerprint density at radius 3 is 2.83 bits per heavy atom. The van der Waals surface area contributed by atoms with Gasteiger partial charge in [-0.15, -0.1) is 0 Å². The Kier molecular flexibility index (Phi) is 4.71. The van der Waals surface area contributed by atoms with Gasteiger partial charge in [-0.25, -0.2) is 0 Å². The number of nitrogens with zero attached hydrogens (tertiary/aromatic N) is 1. The van der Waals surface area contributed by atoms with E-state index in [2.05, 4.69) is 36.9 Å². The fourth-order valence-corrected chi connectivity index (χ4v) is 3.44. The number of hydrogen-bond donors (Lipinski definition) is 1. The van der Waals surface area contributed by atoms with Crippen LogP contribution in [0.15, 0.2) is 23.8 Å². The van der Waals surface area contributed by atoms with Crippen molar-refractivity contribution in [1.82, 2.24) is 4.90 Å². The molecule has 0 saturated carbocycles. The summed E-state index contributed by atoms with van der Waals surface area (Å²) in [5, 5.41) is 8.98. The number of ether oxygens (including phenoxy) is 1. The van der Waals surface area contributed by atoms with Crippen LogP contribution in [0, 0.1) is 5.92 Å². The summed E-state index contributed by atoms with van der Waals surface area (Å²) in [5.41, 5.74) is 5.49. The number of rotatable bonds is 6. The molecular weight excluding hydrogens is 290 g/mol. The molecule has 1 heterocycles. The van der Waals surface area contributed by atoms with E-state index in [9.17, 15) is 4.79 Å². The fraction of sp³-hybridized carbons (Fsp3) is 0.526. The van der Waals surface area contributed by atoms with E-state index in [1.807, 2.05) is 0 Å². The van der Waals surface area contributed by atoms with Gasteiger partial charge < -0.3 is 9.84 Å². The molecular formula is C19H25NO3. The second-order valence-electron chi connectivity index (χ2n) is 6.63. The summed E-state index contributed by atoms with van der Waals surface area (Å²) in [6, 6.07) is 6.41. The summed E-state index contributed by atoms with van der Waals surface area (Å²) in [6.07, 6.45) is 3.12. The summed E-state index contributed by atoms with van der Waals surface area (Å²) in [7, 11) is 0. The van der Waals surface area contributed by atoms with E-state index in [0.29, 0.717) is 13.1 Å². The molecule has 0 aromatic heterocycles. The SMILES string of the molecule is CCCOc1ccc2c(c1)CCC(CN1CC(C(=O)O)C1)=C2C. The predicted octanol–water partition coefficient (Wildman–Crippen LogP) is 3.21. The van der Waals surface area contributed by atoms with Crippen molar-refractivity contribution in [2.75, 3.05) is 26.2 Å². The van der Waals surface area contributed by atoms with E-state index in [1.54, 1.807) is 0 Å². The standard InChI is InChI=1S/C19H25NO3/c1-3-8-23-17-6-7-18-13(2)15(5-4-14(18)9-17)10-20-11-16(12-20)19(21)22/h6-7,9,16H,3-5,8,10-12H2,1-2H3,(H,21,22). The lowest BCUT2D eigenvalue weighted by Gasteiger charge is -2.38. The summed E-state index contributed by atoms with van der Waals surface area (Å²) in [4.78, 5) is 13.1. The van der Waals surface area contributed by atoms with Crippen LogP contribution in [0.25, 0.3) is 5.57 Å². The van der Waals surface area contributed by atoms with Gasteiger partial charge in [0.15, 0.2) is 0 Å². The first-order valence-corrected chi connectivity index (χ1v) is 8.48. The molecule has 3 rings (SSSR count). The lowest BCUT2D eigenvalue weighted by Crippen LogP contribution is -2.50. The maximum Gasteiger partial charge on any atom is 0.309 e. The molecule has 0 amide bonds. The lowest BCUT2D eigenvalue weighted by molar-refractivity contribution is -0.147. The Bertz CT molecular complexity index is 630. The first-order valence-electron chi connectivity index (χ1n) is 8.48. The number of aliphatic carboxylic acids is 1. The van der Waals surface area contributed by atoms with Gasteiger partial charge in [0, 0.05) is 19.6 Å². The van der Waals surface area contributed by atoms with E-state index in [4.69, 9.17) is 9.84 Å². The number of carboxylic acid groups (broad SMARTS) is 1. The Morgan fingerprint density at radius 1 is 1.35 bits per heavy atom. The van der Waals surface area contributed by atoms with Gasteiger partial charge >= 0.3 is 5.97 Å². The Morgan fingerprint density at radius 2 is 2.13 bits per heavy atom. The third-order valence-corrected chi connectivity index (χ3v) is 4.90. The fourth-order valence-electron chi connectivity index (χ4n) is 3.44. The molecule has 0 unspecified atom stereocenters. The molecule has 1 aliphatic carbocycles. The minimum absolute atomic E-state index is 0.176. The highest BCUT2D eigenvalue weighted by molar-refractivity contribution is 5.73. The van der Waals surface area contributed by atoms with Crippen LogP contribution >= 0.6 is 0 Å². The maximum absolute atomic E-state index is 10.9. The number of allylic oxidation sites excluding steroid dienone is 1. The molecule has 4 heteroatoms. The highest BCUT2D eigenvalue weighted by Crippen LogP contribution is 2.34. The summed E-state index contributed by atoms with van der Waals surface area (Å²) >= 11 is 0. The van der Waals surface area contributed by atoms with E-state index in [-0.39, 0.29) is 5.92 Å². The Balaban J connectivity index is 1.68. The Labute approximate surface area is 137 Å². The van der Waals surface area contributed by atoms with Crippen molar-refractivity contribution in [2.45, 2.75) is 33.1 Å². The molecule has 0 bridgehead atoms. The van der Waals surface area contributed by atoms with Crippen molar-refractivity contribution >= 4 is 11.5 Å². The highest BCUT2D eigenvalue weighted by Gasteiger charge is 2.33. The minimum Gasteiger partial charge on any atom is -0.494 e. The molecule has 0 spiro atoms. The van der Waals surface area contributed by atoms with Crippen molar-refractivity contribution < 1.29 is 14.6 Å². The van der Waals surface area contributed by atoms with Crippen molar-refractivity contribution in [2.24, 2.45) is 5.92 Å². The van der Waals surface area contributed by atoms with E-state index in [0.717, 1.165) is 38.2 Å². The van der Waals surface area contributed by atoms with Crippen LogP contribution in [0.2, 0.25) is 0 Å². The van der Waals surface area contributed by atoms with Crippen molar-refractivity contribution in [3.8, 4) is 5.75 Å². The number of carbonyl (C=O) groups is 1. The van der Waals surface area contributed by atoms with Gasteiger partial charge in [-0.05, 0) is 55.0 Å². The summed E-state index contributed by atoms with van der Waals surface area (Å²) in [5.74, 6) is 0.125. The number of carboxylic acids is 1. The molecule has 0 radical (unpaired) electrons. The Hall–Kier alpha value is -1.81. The van der Waals surface area contributed by atoms with Crippen LogP contribution in [0.5, 0.6) is 5.75 Å². The molecule has 1 fully saturated rings. The average Bonchev–Trinajstić information content (AvgIpc) is 2.49. The second-order valence-corrected chi connectivity index (χ2v) is 6.63. The van der Waals surface area contributed by atoms with Gasteiger partial charge in [0.25, 0.3) is 0 Å². The lowest BCUT2D eigenvalue weighted by atomic mass is 9.85. The quantitative estimate of drug-likeness (QED) is 0.876. The number of hydrogen-bond acceptors (Lipinski definition) is 3. The third kappa shape index (κ3) is 3.42. The molecule has 1 aliphatic heterocycles. The summed E-state index contributed by atoms with van der Waals surface area (Å²) < 4.78 is 5.73. The highest BCUT2D eigenvalue weighted by atomic mass is 16.5. The van der Waals surface area contributed by atoms with Crippen molar-refractivity contribution in [3.05, 3.63) is 34.9 Å². The first kappa shape index (κ1) is 16.1. The van der Waals surface area contributed by atoms with Gasteiger partial charge in [0.05, 0.1) is 12.5 Å². The monoisotopic (exact) mass is 315 g/mol. The van der Waals surface area contributed by atoms with Crippen LogP contribution in [0.3, 0.4) is 0 Å². The van der Waals surface area contributed by atoms with Crippen LogP contribution in [0.1, 0.15) is 37.8 Å². The van der Waals surface area contributed by atoms with Crippen LogP contribution in [-0.4, -0.2) is 42.2 Å². The predicted molar refractivity (Wildman–Crippen MR) is 90.7 cm³/mol. The van der Waals surface area contributed by atoms with E-state index in [1.165, 1.54) is 22.3 Å². The molecule has 23 heavy (non-hydrogen) atoms. The van der Waals surface area contributed by atoms with Gasteiger partial charge in [0.1, 0.15) is 5.75 Å². The largest absolute Gasteiger partial charge is 0.494 e. The molecule has 1 N–H and O–H groups in total. The normalized spacial score (nSPS) is 18.5. The smallest absolute Gasteiger partial charge is 0.309 e. The number of benzene rings is 1. The molecule has 1 aromatic carbocycles.